The SMILES string of the molecule is O=C(NCc1ccccc1)N1CCOC2(C1)CN(C(=O)c1ccccn1)CCO2. The summed E-state index contributed by atoms with van der Waals surface area (Å²) in [6.07, 6.45) is 1.60. The first kappa shape index (κ1) is 19.4. The van der Waals surface area contributed by atoms with Crippen LogP contribution in [0.4, 0.5) is 4.79 Å². The predicted octanol–water partition coefficient (Wildman–Crippen LogP) is 1.49. The Morgan fingerprint density at radius 1 is 0.966 bits per heavy atom. The third kappa shape index (κ3) is 4.55. The van der Waals surface area contributed by atoms with Gasteiger partial charge in [0.25, 0.3) is 5.91 Å². The van der Waals surface area contributed by atoms with E-state index < -0.39 is 5.79 Å². The molecule has 2 aliphatic heterocycles. The van der Waals surface area contributed by atoms with Crippen LogP contribution in [0, 0.1) is 0 Å². The Balaban J connectivity index is 1.38. The highest BCUT2D eigenvalue weighted by molar-refractivity contribution is 5.92. The molecule has 1 spiro atoms. The van der Waals surface area contributed by atoms with Crippen LogP contribution in [0.1, 0.15) is 16.1 Å². The number of carbonyl (C=O) groups excluding carboxylic acids is 2. The van der Waals surface area contributed by atoms with Gasteiger partial charge in [-0.1, -0.05) is 36.4 Å². The molecule has 0 bridgehead atoms. The third-order valence-electron chi connectivity index (χ3n) is 5.06. The molecule has 1 aromatic carbocycles. The zero-order valence-electron chi connectivity index (χ0n) is 16.1. The van der Waals surface area contributed by atoms with Crippen LogP contribution < -0.4 is 5.32 Å². The number of benzene rings is 1. The largest absolute Gasteiger partial charge is 0.345 e. The Bertz CT molecular complexity index is 844. The van der Waals surface area contributed by atoms with Gasteiger partial charge in [-0.25, -0.2) is 4.79 Å². The Morgan fingerprint density at radius 3 is 2.38 bits per heavy atom. The number of hydrogen-bond acceptors (Lipinski definition) is 5. The monoisotopic (exact) mass is 396 g/mol. The van der Waals surface area contributed by atoms with Crippen LogP contribution in [0.5, 0.6) is 0 Å². The summed E-state index contributed by atoms with van der Waals surface area (Å²) in [5.74, 6) is -1.17. The number of pyridine rings is 1. The molecule has 8 heteroatoms. The second-order valence-corrected chi connectivity index (χ2v) is 7.12. The molecule has 3 amide bonds. The van der Waals surface area contributed by atoms with Crippen molar-refractivity contribution in [3.05, 3.63) is 66.0 Å². The van der Waals surface area contributed by atoms with E-state index >= 15 is 0 Å². The first-order valence-electron chi connectivity index (χ1n) is 9.70. The van der Waals surface area contributed by atoms with Crippen LogP contribution in [0.2, 0.25) is 0 Å². The summed E-state index contributed by atoms with van der Waals surface area (Å²) in [7, 11) is 0. The van der Waals surface area contributed by atoms with Gasteiger partial charge >= 0.3 is 6.03 Å². The van der Waals surface area contributed by atoms with Crippen LogP contribution >= 0.6 is 0 Å². The van der Waals surface area contributed by atoms with Gasteiger partial charge in [0, 0.05) is 25.8 Å². The van der Waals surface area contributed by atoms with E-state index in [0.717, 1.165) is 5.56 Å². The van der Waals surface area contributed by atoms with E-state index in [1.807, 2.05) is 30.3 Å². The lowest BCUT2D eigenvalue weighted by Crippen LogP contribution is -2.64. The van der Waals surface area contributed by atoms with Crippen molar-refractivity contribution in [3.8, 4) is 0 Å². The molecule has 3 heterocycles. The highest BCUT2D eigenvalue weighted by Crippen LogP contribution is 2.25. The highest BCUT2D eigenvalue weighted by atomic mass is 16.7. The average Bonchev–Trinajstić information content (AvgIpc) is 2.78. The highest BCUT2D eigenvalue weighted by Gasteiger charge is 2.44. The van der Waals surface area contributed by atoms with Gasteiger partial charge in [0.05, 0.1) is 26.3 Å². The molecule has 2 saturated heterocycles. The fraction of sp³-hybridized carbons (Fsp3) is 0.381. The number of aromatic nitrogens is 1. The lowest BCUT2D eigenvalue weighted by atomic mass is 10.1. The molecule has 1 unspecified atom stereocenters. The van der Waals surface area contributed by atoms with E-state index in [1.165, 1.54) is 0 Å². The maximum absolute atomic E-state index is 12.8. The number of nitrogens with one attached hydrogen (secondary N) is 1. The number of hydrogen-bond donors (Lipinski definition) is 1. The minimum atomic E-state index is -1.01. The molecule has 1 atom stereocenters. The first-order chi connectivity index (χ1) is 14.2. The molecule has 152 valence electrons. The topological polar surface area (TPSA) is 84.0 Å². The number of carbonyl (C=O) groups is 2. The number of rotatable bonds is 3. The fourth-order valence-corrected chi connectivity index (χ4v) is 3.58. The van der Waals surface area contributed by atoms with E-state index in [1.54, 1.807) is 34.2 Å². The van der Waals surface area contributed by atoms with Gasteiger partial charge < -0.3 is 24.6 Å². The lowest BCUT2D eigenvalue weighted by Gasteiger charge is -2.47. The molecule has 0 aliphatic carbocycles. The van der Waals surface area contributed by atoms with Gasteiger partial charge in [0.2, 0.25) is 5.79 Å². The van der Waals surface area contributed by atoms with Crippen molar-refractivity contribution in [1.29, 1.82) is 0 Å². The molecule has 0 radical (unpaired) electrons. The van der Waals surface area contributed by atoms with E-state index in [2.05, 4.69) is 10.3 Å². The van der Waals surface area contributed by atoms with Crippen molar-refractivity contribution in [2.45, 2.75) is 12.3 Å². The smallest absolute Gasteiger partial charge is 0.317 e. The lowest BCUT2D eigenvalue weighted by molar-refractivity contribution is -0.281. The zero-order valence-corrected chi connectivity index (χ0v) is 16.1. The Morgan fingerprint density at radius 2 is 1.66 bits per heavy atom. The van der Waals surface area contributed by atoms with Gasteiger partial charge in [-0.2, -0.15) is 0 Å². The van der Waals surface area contributed by atoms with Crippen LogP contribution in [-0.2, 0) is 16.0 Å². The molecule has 8 nitrogen and oxygen atoms in total. The standard InChI is InChI=1S/C21H24N4O4/c26-19(18-8-4-5-9-22-18)24-10-12-28-21(15-24)16-25(11-13-29-21)20(27)23-14-17-6-2-1-3-7-17/h1-9H,10-16H2,(H,23,27). The minimum Gasteiger partial charge on any atom is -0.345 e. The van der Waals surface area contributed by atoms with Gasteiger partial charge in [0.15, 0.2) is 0 Å². The quantitative estimate of drug-likeness (QED) is 0.850. The van der Waals surface area contributed by atoms with Crippen LogP contribution in [0.15, 0.2) is 54.7 Å². The number of urea groups is 1. The fourth-order valence-electron chi connectivity index (χ4n) is 3.58. The molecule has 1 N–H and O–H groups in total. The van der Waals surface area contributed by atoms with E-state index in [4.69, 9.17) is 9.47 Å². The molecule has 1 aromatic heterocycles. The molecular formula is C21H24N4O4. The minimum absolute atomic E-state index is 0.164. The molecule has 4 rings (SSSR count). The molecular weight excluding hydrogens is 372 g/mol. The van der Waals surface area contributed by atoms with Crippen LogP contribution in [0.25, 0.3) is 0 Å². The van der Waals surface area contributed by atoms with Gasteiger partial charge in [-0.15, -0.1) is 0 Å². The summed E-state index contributed by atoms with van der Waals surface area (Å²) >= 11 is 0. The summed E-state index contributed by atoms with van der Waals surface area (Å²) in [6, 6.07) is 14.8. The first-order valence-corrected chi connectivity index (χ1v) is 9.70. The Hall–Kier alpha value is -2.97. The number of morpholine rings is 2. The molecule has 0 saturated carbocycles. The molecule has 29 heavy (non-hydrogen) atoms. The van der Waals surface area contributed by atoms with Crippen molar-refractivity contribution in [2.24, 2.45) is 0 Å². The van der Waals surface area contributed by atoms with E-state index in [9.17, 15) is 9.59 Å². The summed E-state index contributed by atoms with van der Waals surface area (Å²) in [4.78, 5) is 32.9. The summed E-state index contributed by atoms with van der Waals surface area (Å²) in [5, 5.41) is 2.94. The molecule has 2 fully saturated rings. The number of amides is 3. The predicted molar refractivity (Wildman–Crippen MR) is 105 cm³/mol. The summed E-state index contributed by atoms with van der Waals surface area (Å²) in [5.41, 5.74) is 1.42. The molecule has 2 aliphatic rings. The number of ether oxygens (including phenoxy) is 2. The van der Waals surface area contributed by atoms with Crippen LogP contribution in [0.3, 0.4) is 0 Å². The van der Waals surface area contributed by atoms with Crippen LogP contribution in [-0.4, -0.2) is 71.9 Å². The summed E-state index contributed by atoms with van der Waals surface area (Å²) < 4.78 is 11.8. The van der Waals surface area contributed by atoms with Gasteiger partial charge in [-0.05, 0) is 17.7 Å². The number of nitrogens with zero attached hydrogens (tertiary/aromatic N) is 3. The average molecular weight is 396 g/mol. The van der Waals surface area contributed by atoms with Crippen molar-refractivity contribution < 1.29 is 19.1 Å². The third-order valence-corrected chi connectivity index (χ3v) is 5.06. The second-order valence-electron chi connectivity index (χ2n) is 7.12. The Labute approximate surface area is 169 Å². The zero-order chi connectivity index (χ0) is 20.1. The van der Waals surface area contributed by atoms with E-state index in [-0.39, 0.29) is 25.0 Å². The second kappa shape index (κ2) is 8.59. The Kier molecular flexibility index (Phi) is 5.73. The normalized spacial score (nSPS) is 21.8. The molecule has 2 aromatic rings. The van der Waals surface area contributed by atoms with Crippen molar-refractivity contribution in [1.82, 2.24) is 20.1 Å². The van der Waals surface area contributed by atoms with Crippen molar-refractivity contribution in [3.63, 3.8) is 0 Å². The van der Waals surface area contributed by atoms with Gasteiger partial charge in [0.1, 0.15) is 5.69 Å². The summed E-state index contributed by atoms with van der Waals surface area (Å²) in [6.45, 7) is 2.60. The van der Waals surface area contributed by atoms with Crippen molar-refractivity contribution >= 4 is 11.9 Å². The van der Waals surface area contributed by atoms with E-state index in [0.29, 0.717) is 38.5 Å². The maximum Gasteiger partial charge on any atom is 0.317 e. The van der Waals surface area contributed by atoms with Crippen molar-refractivity contribution in [2.75, 3.05) is 39.4 Å². The maximum atomic E-state index is 12.8. The van der Waals surface area contributed by atoms with Gasteiger partial charge in [-0.3, -0.25) is 9.78 Å².